The van der Waals surface area contributed by atoms with Crippen LogP contribution in [0.25, 0.3) is 0 Å². The lowest BCUT2D eigenvalue weighted by molar-refractivity contribution is 0.315. The van der Waals surface area contributed by atoms with Crippen LogP contribution in [0.1, 0.15) is 39.4 Å². The lowest BCUT2D eigenvalue weighted by Crippen LogP contribution is -2.07. The van der Waals surface area contributed by atoms with Gasteiger partial charge in [-0.1, -0.05) is 26.1 Å². The average Bonchev–Trinajstić information content (AvgIpc) is 2.38. The molecule has 6 nitrogen and oxygen atoms in total. The van der Waals surface area contributed by atoms with Gasteiger partial charge in [-0.3, -0.25) is 4.52 Å². The number of rotatable bonds is 7. The van der Waals surface area contributed by atoms with Gasteiger partial charge in [0, 0.05) is 13.0 Å². The van der Waals surface area contributed by atoms with E-state index in [1.165, 1.54) is 20.1 Å². The van der Waals surface area contributed by atoms with Crippen LogP contribution >= 0.6 is 19.8 Å². The molecule has 20 heavy (non-hydrogen) atoms. The summed E-state index contributed by atoms with van der Waals surface area (Å²) in [5, 5.41) is 0. The van der Waals surface area contributed by atoms with Crippen LogP contribution in [0.5, 0.6) is 11.8 Å². The summed E-state index contributed by atoms with van der Waals surface area (Å²) in [7, 11) is -2.21. The van der Waals surface area contributed by atoms with E-state index >= 15 is 0 Å². The molecule has 0 N–H and O–H groups in total. The Balaban J connectivity index is 3.17. The molecule has 0 bridgehead atoms. The second kappa shape index (κ2) is 7.11. The van der Waals surface area contributed by atoms with Crippen LogP contribution in [-0.4, -0.2) is 28.3 Å². The monoisotopic (exact) mass is 318 g/mol. The highest BCUT2D eigenvalue weighted by atomic mass is 32.1. The van der Waals surface area contributed by atoms with E-state index in [4.69, 9.17) is 26.0 Å². The van der Waals surface area contributed by atoms with Gasteiger partial charge in [0.15, 0.2) is 0 Å². The molecule has 1 aromatic rings. The third kappa shape index (κ3) is 4.23. The first kappa shape index (κ1) is 17.0. The third-order valence-electron chi connectivity index (χ3n) is 2.34. The van der Waals surface area contributed by atoms with Crippen LogP contribution in [0.3, 0.4) is 0 Å². The van der Waals surface area contributed by atoms with Gasteiger partial charge in [-0.25, -0.2) is 4.57 Å². The van der Waals surface area contributed by atoms with Gasteiger partial charge >= 0.3 is 7.60 Å². The minimum absolute atomic E-state index is 0.0771. The number of aromatic nitrogens is 2. The maximum atomic E-state index is 12.3. The first-order chi connectivity index (χ1) is 9.32. The minimum Gasteiger partial charge on any atom is -0.478 e. The Morgan fingerprint density at radius 3 is 2.45 bits per heavy atom. The van der Waals surface area contributed by atoms with E-state index < -0.39 is 7.60 Å². The van der Waals surface area contributed by atoms with E-state index in [2.05, 4.69) is 9.97 Å². The Bertz CT molecular complexity index is 536. The Kier molecular flexibility index (Phi) is 6.05. The average molecular weight is 318 g/mol. The highest BCUT2D eigenvalue weighted by molar-refractivity contribution is 7.97. The summed E-state index contributed by atoms with van der Waals surface area (Å²) in [6.07, 6.45) is 0. The smallest absolute Gasteiger partial charge is 0.418 e. The summed E-state index contributed by atoms with van der Waals surface area (Å²) in [5.74, 6) is 1.11. The zero-order valence-corrected chi connectivity index (χ0v) is 14.0. The van der Waals surface area contributed by atoms with E-state index in [9.17, 15) is 4.57 Å². The van der Waals surface area contributed by atoms with Crippen molar-refractivity contribution < 1.29 is 18.3 Å². The van der Waals surface area contributed by atoms with Crippen molar-refractivity contribution in [1.82, 2.24) is 9.97 Å². The molecule has 0 radical (unpaired) electrons. The first-order valence-corrected chi connectivity index (χ1v) is 8.15. The van der Waals surface area contributed by atoms with E-state index in [1.807, 2.05) is 20.8 Å². The van der Waals surface area contributed by atoms with Gasteiger partial charge in [-0.05, 0) is 13.8 Å². The topological polar surface area (TPSA) is 70.5 Å². The zero-order chi connectivity index (χ0) is 15.3. The Labute approximate surface area is 124 Å². The molecule has 0 saturated carbocycles. The Morgan fingerprint density at radius 1 is 1.40 bits per heavy atom. The molecule has 1 rings (SSSR count). The summed E-state index contributed by atoms with van der Waals surface area (Å²) in [5.41, 5.74) is 0. The second-order valence-electron chi connectivity index (χ2n) is 4.28. The summed E-state index contributed by atoms with van der Waals surface area (Å²) >= 11 is 4.91. The van der Waals surface area contributed by atoms with Gasteiger partial charge in [0.2, 0.25) is 11.8 Å². The molecule has 0 amide bonds. The van der Waals surface area contributed by atoms with E-state index in [1.54, 1.807) is 0 Å². The van der Waals surface area contributed by atoms with Crippen molar-refractivity contribution in [1.29, 1.82) is 0 Å². The number of hydrogen-bond acceptors (Lipinski definition) is 7. The van der Waals surface area contributed by atoms with Crippen LogP contribution in [0, 0.1) is 0 Å². The third-order valence-corrected chi connectivity index (χ3v) is 4.70. The van der Waals surface area contributed by atoms with Crippen molar-refractivity contribution >= 4 is 24.4 Å². The minimum atomic E-state index is -3.50. The maximum Gasteiger partial charge on any atom is 0.418 e. The lowest BCUT2D eigenvalue weighted by atomic mass is 10.2. The molecule has 0 aliphatic rings. The molecule has 0 saturated heterocycles. The van der Waals surface area contributed by atoms with Crippen LogP contribution in [0.2, 0.25) is 0 Å². The van der Waals surface area contributed by atoms with Crippen molar-refractivity contribution in [2.75, 3.05) is 13.7 Å². The predicted molar refractivity (Wildman–Crippen MR) is 80.8 cm³/mol. The van der Waals surface area contributed by atoms with Crippen LogP contribution in [-0.2, 0) is 9.09 Å². The number of hydrogen-bond donors (Lipinski definition) is 0. The molecular formula is C12H19N2O4PS. The van der Waals surface area contributed by atoms with Gasteiger partial charge in [-0.2, -0.15) is 9.97 Å². The lowest BCUT2D eigenvalue weighted by Gasteiger charge is -2.16. The van der Waals surface area contributed by atoms with Gasteiger partial charge in [-0.15, -0.1) is 0 Å². The molecule has 0 fully saturated rings. The first-order valence-electron chi connectivity index (χ1n) is 6.20. The molecule has 1 atom stereocenters. The van der Waals surface area contributed by atoms with Crippen LogP contribution < -0.4 is 9.26 Å². The molecule has 1 aromatic heterocycles. The number of ether oxygens (including phenoxy) is 1. The van der Waals surface area contributed by atoms with E-state index in [0.717, 1.165) is 0 Å². The molecule has 0 spiro atoms. The zero-order valence-electron chi connectivity index (χ0n) is 12.2. The summed E-state index contributed by atoms with van der Waals surface area (Å²) in [6, 6.07) is 1.47. The largest absolute Gasteiger partial charge is 0.478 e. The van der Waals surface area contributed by atoms with E-state index in [-0.39, 0.29) is 16.4 Å². The fourth-order valence-corrected chi connectivity index (χ4v) is 2.44. The molecule has 0 aliphatic heterocycles. The van der Waals surface area contributed by atoms with Gasteiger partial charge in [0.1, 0.15) is 10.4 Å². The van der Waals surface area contributed by atoms with Crippen molar-refractivity contribution in [3.8, 4) is 11.8 Å². The summed E-state index contributed by atoms with van der Waals surface area (Å²) < 4.78 is 28.1. The SMILES string of the molecule is CCOc1cc(OP(=O)(OC)C(C)=S)nc(C(C)C)n1. The van der Waals surface area contributed by atoms with Crippen LogP contribution in [0.15, 0.2) is 6.07 Å². The summed E-state index contributed by atoms with van der Waals surface area (Å²) in [4.78, 5) is 8.45. The Hall–Kier alpha value is -1.04. The van der Waals surface area contributed by atoms with Crippen LogP contribution in [0.4, 0.5) is 0 Å². The highest BCUT2D eigenvalue weighted by Crippen LogP contribution is 2.48. The van der Waals surface area contributed by atoms with Crippen molar-refractivity contribution in [3.63, 3.8) is 0 Å². The molecule has 112 valence electrons. The van der Waals surface area contributed by atoms with Crippen molar-refractivity contribution in [3.05, 3.63) is 11.9 Å². The normalized spacial score (nSPS) is 13.9. The number of nitrogens with zero attached hydrogens (tertiary/aromatic N) is 2. The second-order valence-corrected chi connectivity index (χ2v) is 7.41. The molecule has 0 aromatic carbocycles. The fraction of sp³-hybridized carbons (Fsp3) is 0.583. The van der Waals surface area contributed by atoms with Crippen molar-refractivity contribution in [2.45, 2.75) is 33.6 Å². The maximum absolute atomic E-state index is 12.3. The molecule has 0 aliphatic carbocycles. The standard InChI is InChI=1S/C12H19N2O4PS/c1-6-17-10-7-11(14-12(13-10)8(2)3)18-19(15,16-5)9(4)20/h7-8H,6H2,1-5H3. The number of thiocarbonyl (C=S) groups is 1. The Morgan fingerprint density at radius 2 is 2.00 bits per heavy atom. The molecular weight excluding hydrogens is 299 g/mol. The predicted octanol–water partition coefficient (Wildman–Crippen LogP) is 3.56. The molecule has 8 heteroatoms. The van der Waals surface area contributed by atoms with Crippen molar-refractivity contribution in [2.24, 2.45) is 0 Å². The highest BCUT2D eigenvalue weighted by Gasteiger charge is 2.29. The summed E-state index contributed by atoms with van der Waals surface area (Å²) in [6.45, 7) is 7.69. The van der Waals surface area contributed by atoms with Gasteiger partial charge < -0.3 is 9.26 Å². The quantitative estimate of drug-likeness (QED) is 0.562. The van der Waals surface area contributed by atoms with E-state index in [0.29, 0.717) is 18.3 Å². The van der Waals surface area contributed by atoms with Gasteiger partial charge in [0.05, 0.1) is 12.7 Å². The molecule has 1 unspecified atom stereocenters. The molecule has 1 heterocycles. The van der Waals surface area contributed by atoms with Gasteiger partial charge in [0.25, 0.3) is 0 Å². The fourth-order valence-electron chi connectivity index (χ4n) is 1.30.